The molecular formula is C20H40N6O3. The Bertz CT molecular complexity index is 510. The van der Waals surface area contributed by atoms with Crippen LogP contribution in [-0.4, -0.2) is 124 Å². The van der Waals surface area contributed by atoms with Gasteiger partial charge >= 0.3 is 0 Å². The van der Waals surface area contributed by atoms with Crippen molar-refractivity contribution in [2.24, 2.45) is 4.99 Å². The van der Waals surface area contributed by atoms with Crippen LogP contribution in [-0.2, 0) is 14.3 Å². The van der Waals surface area contributed by atoms with Crippen molar-refractivity contribution in [1.29, 1.82) is 0 Å². The van der Waals surface area contributed by atoms with E-state index in [1.165, 1.54) is 0 Å². The van der Waals surface area contributed by atoms with E-state index in [-0.39, 0.29) is 5.91 Å². The first-order valence-corrected chi connectivity index (χ1v) is 10.9. The highest BCUT2D eigenvalue weighted by atomic mass is 16.5. The fraction of sp³-hybridized carbons (Fsp3) is 0.900. The highest BCUT2D eigenvalue weighted by Gasteiger charge is 2.25. The lowest BCUT2D eigenvalue weighted by Crippen LogP contribution is -2.54. The number of hydrogen-bond acceptors (Lipinski definition) is 6. The van der Waals surface area contributed by atoms with Crippen molar-refractivity contribution in [3.63, 3.8) is 0 Å². The Morgan fingerprint density at radius 2 is 2.00 bits per heavy atom. The van der Waals surface area contributed by atoms with Crippen molar-refractivity contribution < 1.29 is 14.3 Å². The molecule has 2 aliphatic rings. The largest absolute Gasteiger partial charge is 0.383 e. The average Bonchev–Trinajstić information content (AvgIpc) is 2.72. The number of amides is 1. The summed E-state index contributed by atoms with van der Waals surface area (Å²) in [6, 6.07) is 0.828. The number of rotatable bonds is 9. The molecule has 29 heavy (non-hydrogen) atoms. The van der Waals surface area contributed by atoms with E-state index in [4.69, 9.17) is 14.5 Å². The number of methoxy groups -OCH3 is 1. The molecule has 2 fully saturated rings. The van der Waals surface area contributed by atoms with Crippen molar-refractivity contribution in [1.82, 2.24) is 25.3 Å². The Balaban J connectivity index is 1.80. The second-order valence-electron chi connectivity index (χ2n) is 7.81. The van der Waals surface area contributed by atoms with E-state index in [2.05, 4.69) is 46.1 Å². The summed E-state index contributed by atoms with van der Waals surface area (Å²) in [6.07, 6.45) is 0. The summed E-state index contributed by atoms with van der Waals surface area (Å²) >= 11 is 0. The SMILES string of the molecule is CCNC(=NCC(C)N1CCOCC1C)N1CCN(CC(=O)NCCOC)CC1. The Hall–Kier alpha value is -1.42. The van der Waals surface area contributed by atoms with Crippen LogP contribution in [0, 0.1) is 0 Å². The van der Waals surface area contributed by atoms with Gasteiger partial charge in [-0.15, -0.1) is 0 Å². The van der Waals surface area contributed by atoms with Crippen LogP contribution in [0.1, 0.15) is 20.8 Å². The van der Waals surface area contributed by atoms with Crippen LogP contribution in [0.25, 0.3) is 0 Å². The van der Waals surface area contributed by atoms with E-state index in [0.29, 0.717) is 31.8 Å². The first-order chi connectivity index (χ1) is 14.0. The summed E-state index contributed by atoms with van der Waals surface area (Å²) in [5, 5.41) is 6.32. The van der Waals surface area contributed by atoms with Gasteiger partial charge in [0.25, 0.3) is 0 Å². The van der Waals surface area contributed by atoms with Crippen molar-refractivity contribution in [3.8, 4) is 0 Å². The molecule has 2 saturated heterocycles. The van der Waals surface area contributed by atoms with Gasteiger partial charge in [0.15, 0.2) is 5.96 Å². The molecule has 2 N–H and O–H groups in total. The van der Waals surface area contributed by atoms with E-state index in [0.717, 1.165) is 65.0 Å². The Labute approximate surface area is 175 Å². The van der Waals surface area contributed by atoms with Crippen LogP contribution in [0.15, 0.2) is 4.99 Å². The number of aliphatic imine (C=N–C) groups is 1. The van der Waals surface area contributed by atoms with E-state index >= 15 is 0 Å². The van der Waals surface area contributed by atoms with Gasteiger partial charge < -0.3 is 25.0 Å². The molecule has 0 spiro atoms. The minimum absolute atomic E-state index is 0.0597. The lowest BCUT2D eigenvalue weighted by molar-refractivity contribution is -0.122. The number of morpholine rings is 1. The summed E-state index contributed by atoms with van der Waals surface area (Å²) in [4.78, 5) is 23.9. The number of guanidine groups is 1. The number of nitrogens with zero attached hydrogens (tertiary/aromatic N) is 4. The zero-order valence-electron chi connectivity index (χ0n) is 18.7. The number of nitrogens with one attached hydrogen (secondary N) is 2. The molecule has 0 radical (unpaired) electrons. The van der Waals surface area contributed by atoms with E-state index in [1.54, 1.807) is 7.11 Å². The third-order valence-electron chi connectivity index (χ3n) is 5.49. The maximum absolute atomic E-state index is 12.0. The maximum atomic E-state index is 12.0. The Morgan fingerprint density at radius 3 is 2.66 bits per heavy atom. The number of carbonyl (C=O) groups excluding carboxylic acids is 1. The molecular weight excluding hydrogens is 372 g/mol. The third kappa shape index (κ3) is 8.08. The van der Waals surface area contributed by atoms with Gasteiger partial charge in [0, 0.05) is 65.0 Å². The minimum Gasteiger partial charge on any atom is -0.383 e. The molecule has 2 heterocycles. The molecule has 0 aromatic carbocycles. The van der Waals surface area contributed by atoms with Gasteiger partial charge in [-0.3, -0.25) is 19.6 Å². The van der Waals surface area contributed by atoms with Crippen LogP contribution in [0.5, 0.6) is 0 Å². The fourth-order valence-electron chi connectivity index (χ4n) is 3.81. The van der Waals surface area contributed by atoms with Gasteiger partial charge in [-0.25, -0.2) is 0 Å². The molecule has 9 nitrogen and oxygen atoms in total. The van der Waals surface area contributed by atoms with Gasteiger partial charge in [0.2, 0.25) is 5.91 Å². The third-order valence-corrected chi connectivity index (χ3v) is 5.49. The van der Waals surface area contributed by atoms with E-state index in [9.17, 15) is 4.79 Å². The van der Waals surface area contributed by atoms with E-state index in [1.807, 2.05) is 0 Å². The summed E-state index contributed by atoms with van der Waals surface area (Å²) in [5.41, 5.74) is 0. The van der Waals surface area contributed by atoms with Crippen LogP contribution < -0.4 is 10.6 Å². The molecule has 2 aliphatic heterocycles. The van der Waals surface area contributed by atoms with Gasteiger partial charge in [-0.1, -0.05) is 0 Å². The highest BCUT2D eigenvalue weighted by molar-refractivity contribution is 5.80. The number of carbonyl (C=O) groups is 1. The normalized spacial score (nSPS) is 23.1. The molecule has 2 rings (SSSR count). The maximum Gasteiger partial charge on any atom is 0.234 e. The number of piperazine rings is 1. The molecule has 9 heteroatoms. The summed E-state index contributed by atoms with van der Waals surface area (Å²) in [7, 11) is 1.64. The lowest BCUT2D eigenvalue weighted by atomic mass is 10.2. The topological polar surface area (TPSA) is 81.7 Å². The number of hydrogen-bond donors (Lipinski definition) is 2. The summed E-state index contributed by atoms with van der Waals surface area (Å²) in [6.45, 7) is 15.8. The van der Waals surface area contributed by atoms with Gasteiger partial charge in [0.1, 0.15) is 0 Å². The predicted octanol–water partition coefficient (Wildman–Crippen LogP) is -0.559. The van der Waals surface area contributed by atoms with Crippen molar-refractivity contribution in [3.05, 3.63) is 0 Å². The first kappa shape index (κ1) is 23.9. The Morgan fingerprint density at radius 1 is 1.24 bits per heavy atom. The quantitative estimate of drug-likeness (QED) is 0.299. The first-order valence-electron chi connectivity index (χ1n) is 10.9. The van der Waals surface area contributed by atoms with Crippen LogP contribution in [0.4, 0.5) is 0 Å². The smallest absolute Gasteiger partial charge is 0.234 e. The van der Waals surface area contributed by atoms with Crippen molar-refractivity contribution >= 4 is 11.9 Å². The zero-order chi connectivity index (χ0) is 21.1. The Kier molecular flexibility index (Phi) is 10.7. The molecule has 1 amide bonds. The summed E-state index contributed by atoms with van der Waals surface area (Å²) < 4.78 is 10.5. The van der Waals surface area contributed by atoms with Crippen LogP contribution in [0.3, 0.4) is 0 Å². The van der Waals surface area contributed by atoms with Gasteiger partial charge in [0.05, 0.1) is 32.9 Å². The van der Waals surface area contributed by atoms with Gasteiger partial charge in [-0.2, -0.15) is 0 Å². The average molecular weight is 413 g/mol. The molecule has 0 bridgehead atoms. The molecule has 2 atom stereocenters. The van der Waals surface area contributed by atoms with Crippen molar-refractivity contribution in [2.45, 2.75) is 32.9 Å². The summed E-state index contributed by atoms with van der Waals surface area (Å²) in [5.74, 6) is 1.04. The molecule has 168 valence electrons. The van der Waals surface area contributed by atoms with Crippen LogP contribution in [0.2, 0.25) is 0 Å². The minimum atomic E-state index is 0.0597. The molecule has 0 saturated carbocycles. The molecule has 0 aliphatic carbocycles. The van der Waals surface area contributed by atoms with Crippen LogP contribution >= 0.6 is 0 Å². The predicted molar refractivity (Wildman–Crippen MR) is 115 cm³/mol. The molecule has 0 aromatic heterocycles. The van der Waals surface area contributed by atoms with E-state index < -0.39 is 0 Å². The van der Waals surface area contributed by atoms with Crippen molar-refractivity contribution in [2.75, 3.05) is 85.8 Å². The molecule has 0 aromatic rings. The molecule has 2 unspecified atom stereocenters. The monoisotopic (exact) mass is 412 g/mol. The second kappa shape index (κ2) is 13.0. The standard InChI is InChI=1S/C20H40N6O3/c1-5-21-20(23-14-17(2)26-11-13-29-16-18(26)3)25-9-7-24(8-10-25)15-19(27)22-6-12-28-4/h17-18H,5-16H2,1-4H3,(H,21,23)(H,22,27). The lowest BCUT2D eigenvalue weighted by Gasteiger charge is -2.38. The second-order valence-corrected chi connectivity index (χ2v) is 7.81. The fourth-order valence-corrected chi connectivity index (χ4v) is 3.81. The number of ether oxygens (including phenoxy) is 2. The highest BCUT2D eigenvalue weighted by Crippen LogP contribution is 2.11. The van der Waals surface area contributed by atoms with Gasteiger partial charge in [-0.05, 0) is 20.8 Å². The zero-order valence-corrected chi connectivity index (χ0v) is 18.7.